The Morgan fingerprint density at radius 1 is 1.21 bits per heavy atom. The van der Waals surface area contributed by atoms with E-state index in [-0.39, 0.29) is 0 Å². The molecule has 1 fully saturated rings. The van der Waals surface area contributed by atoms with Gasteiger partial charge in [0.2, 0.25) is 0 Å². The Morgan fingerprint density at radius 2 is 1.71 bits per heavy atom. The molecule has 0 aromatic rings. The fraction of sp³-hybridized carbons (Fsp3) is 1.00. The third-order valence-electron chi connectivity index (χ3n) is 3.25. The van der Waals surface area contributed by atoms with Gasteiger partial charge in [0.25, 0.3) is 0 Å². The van der Waals surface area contributed by atoms with Crippen molar-refractivity contribution in [2.75, 3.05) is 0 Å². The molecule has 1 nitrogen and oxygen atoms in total. The van der Waals surface area contributed by atoms with E-state index in [2.05, 4.69) is 6.92 Å². The average Bonchev–Trinajstić information content (AvgIpc) is 2.15. The van der Waals surface area contributed by atoms with Crippen LogP contribution in [0.3, 0.4) is 0 Å². The lowest BCUT2D eigenvalue weighted by Gasteiger charge is -2.31. The third-order valence-corrected chi connectivity index (χ3v) is 3.25. The van der Waals surface area contributed by atoms with Gasteiger partial charge in [-0.1, -0.05) is 26.2 Å². The molecular weight excluding hydrogens is 193 g/mol. The Labute approximate surface area is 82.3 Å². The molecular formula is C10H17F3O. The second-order valence-electron chi connectivity index (χ2n) is 4.18. The maximum atomic E-state index is 12.2. The van der Waals surface area contributed by atoms with E-state index in [0.29, 0.717) is 18.8 Å². The van der Waals surface area contributed by atoms with Crippen molar-refractivity contribution in [3.8, 4) is 0 Å². The number of halogens is 3. The van der Waals surface area contributed by atoms with Crippen LogP contribution in [0.25, 0.3) is 0 Å². The van der Waals surface area contributed by atoms with Gasteiger partial charge in [0.05, 0.1) is 0 Å². The van der Waals surface area contributed by atoms with Gasteiger partial charge in [0.1, 0.15) is 0 Å². The van der Waals surface area contributed by atoms with E-state index in [4.69, 9.17) is 5.11 Å². The Bertz CT molecular complexity index is 171. The summed E-state index contributed by atoms with van der Waals surface area (Å²) in [7, 11) is 0. The molecule has 0 aromatic carbocycles. The normalized spacial score (nSPS) is 31.5. The number of alkyl halides is 3. The maximum absolute atomic E-state index is 12.2. The Hall–Kier alpha value is -0.250. The van der Waals surface area contributed by atoms with Gasteiger partial charge in [-0.25, -0.2) is 0 Å². The first-order valence-corrected chi connectivity index (χ1v) is 5.20. The highest BCUT2D eigenvalue weighted by molar-refractivity contribution is 4.80. The molecule has 4 heteroatoms. The minimum atomic E-state index is -4.44. The van der Waals surface area contributed by atoms with E-state index in [1.165, 1.54) is 0 Å². The molecule has 0 aliphatic heterocycles. The summed E-state index contributed by atoms with van der Waals surface area (Å²) in [6, 6.07) is 0. The molecule has 0 bridgehead atoms. The van der Waals surface area contributed by atoms with Crippen molar-refractivity contribution in [2.24, 2.45) is 11.8 Å². The summed E-state index contributed by atoms with van der Waals surface area (Å²) in [5.74, 6) is -0.00974. The van der Waals surface area contributed by atoms with Crippen LogP contribution in [0.15, 0.2) is 0 Å². The summed E-state index contributed by atoms with van der Waals surface area (Å²) >= 11 is 0. The van der Waals surface area contributed by atoms with E-state index in [9.17, 15) is 13.2 Å². The molecule has 1 N–H and O–H groups in total. The second kappa shape index (κ2) is 4.51. The average molecular weight is 210 g/mol. The number of aliphatic hydroxyl groups is 1. The highest BCUT2D eigenvalue weighted by atomic mass is 19.4. The number of aliphatic hydroxyl groups excluding tert-OH is 1. The van der Waals surface area contributed by atoms with Gasteiger partial charge in [-0.3, -0.25) is 0 Å². The molecule has 0 radical (unpaired) electrons. The largest absolute Gasteiger partial charge is 0.414 e. The fourth-order valence-corrected chi connectivity index (χ4v) is 2.18. The van der Waals surface area contributed by atoms with Crippen molar-refractivity contribution in [1.82, 2.24) is 0 Å². The van der Waals surface area contributed by atoms with E-state index in [1.807, 2.05) is 0 Å². The SMILES string of the molecule is CCC1CCC([C@@H](O)C(F)(F)F)CC1. The fourth-order valence-electron chi connectivity index (χ4n) is 2.18. The molecule has 84 valence electrons. The van der Waals surface area contributed by atoms with Gasteiger partial charge in [-0.05, 0) is 24.7 Å². The lowest BCUT2D eigenvalue weighted by atomic mass is 9.78. The highest BCUT2D eigenvalue weighted by Crippen LogP contribution is 2.37. The molecule has 1 aliphatic carbocycles. The Morgan fingerprint density at radius 3 is 2.07 bits per heavy atom. The van der Waals surface area contributed by atoms with Gasteiger partial charge in [-0.2, -0.15) is 13.2 Å². The molecule has 1 rings (SSSR count). The molecule has 0 spiro atoms. The molecule has 14 heavy (non-hydrogen) atoms. The summed E-state index contributed by atoms with van der Waals surface area (Å²) in [6.07, 6.45) is -2.83. The van der Waals surface area contributed by atoms with Crippen LogP contribution >= 0.6 is 0 Å². The van der Waals surface area contributed by atoms with Gasteiger partial charge in [0.15, 0.2) is 6.10 Å². The molecule has 0 aromatic heterocycles. The standard InChI is InChI=1S/C10H17F3O/c1-2-7-3-5-8(6-4-7)9(14)10(11,12)13/h7-9,14H,2-6H2,1H3/t7?,8?,9-/m1/s1. The van der Waals surface area contributed by atoms with Crippen molar-refractivity contribution in [3.05, 3.63) is 0 Å². The second-order valence-corrected chi connectivity index (χ2v) is 4.18. The summed E-state index contributed by atoms with van der Waals surface area (Å²) in [6.45, 7) is 2.06. The highest BCUT2D eigenvalue weighted by Gasteiger charge is 2.44. The first-order valence-electron chi connectivity index (χ1n) is 5.20. The van der Waals surface area contributed by atoms with E-state index in [1.54, 1.807) is 0 Å². The third kappa shape index (κ3) is 2.87. The quantitative estimate of drug-likeness (QED) is 0.742. The zero-order valence-electron chi connectivity index (χ0n) is 8.35. The lowest BCUT2D eigenvalue weighted by Crippen LogP contribution is -2.37. The van der Waals surface area contributed by atoms with Crippen LogP contribution in [0.4, 0.5) is 13.2 Å². The Balaban J connectivity index is 2.42. The summed E-state index contributed by atoms with van der Waals surface area (Å²) < 4.78 is 36.5. The van der Waals surface area contributed by atoms with Gasteiger partial charge >= 0.3 is 6.18 Å². The molecule has 0 unspecified atom stereocenters. The van der Waals surface area contributed by atoms with Gasteiger partial charge in [0, 0.05) is 0 Å². The molecule has 0 heterocycles. The predicted octanol–water partition coefficient (Wildman–Crippen LogP) is 3.13. The number of rotatable bonds is 2. The predicted molar refractivity (Wildman–Crippen MR) is 47.8 cm³/mol. The molecule has 1 saturated carbocycles. The van der Waals surface area contributed by atoms with Crippen LogP contribution in [0.5, 0.6) is 0 Å². The van der Waals surface area contributed by atoms with Crippen molar-refractivity contribution in [1.29, 1.82) is 0 Å². The summed E-state index contributed by atoms with van der Waals surface area (Å²) in [5, 5.41) is 9.04. The van der Waals surface area contributed by atoms with Gasteiger partial charge in [-0.15, -0.1) is 0 Å². The summed E-state index contributed by atoms with van der Waals surface area (Å²) in [4.78, 5) is 0. The first kappa shape index (κ1) is 11.8. The topological polar surface area (TPSA) is 20.2 Å². The maximum Gasteiger partial charge on any atom is 0.414 e. The van der Waals surface area contributed by atoms with Crippen LogP contribution in [0.2, 0.25) is 0 Å². The number of hydrogen-bond acceptors (Lipinski definition) is 1. The zero-order chi connectivity index (χ0) is 10.8. The Kier molecular flexibility index (Phi) is 3.81. The minimum Gasteiger partial charge on any atom is -0.383 e. The summed E-state index contributed by atoms with van der Waals surface area (Å²) in [5.41, 5.74) is 0. The monoisotopic (exact) mass is 210 g/mol. The van der Waals surface area contributed by atoms with Crippen LogP contribution in [-0.2, 0) is 0 Å². The first-order chi connectivity index (χ1) is 6.45. The zero-order valence-corrected chi connectivity index (χ0v) is 8.35. The van der Waals surface area contributed by atoms with Crippen LogP contribution in [0.1, 0.15) is 39.0 Å². The van der Waals surface area contributed by atoms with Crippen molar-refractivity contribution in [3.63, 3.8) is 0 Å². The van der Waals surface area contributed by atoms with Crippen molar-refractivity contribution < 1.29 is 18.3 Å². The van der Waals surface area contributed by atoms with Crippen molar-refractivity contribution in [2.45, 2.75) is 51.3 Å². The van der Waals surface area contributed by atoms with E-state index < -0.39 is 18.2 Å². The van der Waals surface area contributed by atoms with E-state index in [0.717, 1.165) is 19.3 Å². The smallest absolute Gasteiger partial charge is 0.383 e. The molecule has 0 saturated heterocycles. The van der Waals surface area contributed by atoms with Crippen LogP contribution < -0.4 is 0 Å². The van der Waals surface area contributed by atoms with Crippen molar-refractivity contribution >= 4 is 0 Å². The van der Waals surface area contributed by atoms with Crippen LogP contribution in [0, 0.1) is 11.8 Å². The van der Waals surface area contributed by atoms with E-state index >= 15 is 0 Å². The molecule has 0 amide bonds. The minimum absolute atomic E-state index is 0.513. The molecule has 1 atom stereocenters. The van der Waals surface area contributed by atoms with Crippen LogP contribution in [-0.4, -0.2) is 17.4 Å². The number of hydrogen-bond donors (Lipinski definition) is 1. The molecule has 1 aliphatic rings. The van der Waals surface area contributed by atoms with Gasteiger partial charge < -0.3 is 5.11 Å². The lowest BCUT2D eigenvalue weighted by molar-refractivity contribution is -0.222.